The van der Waals surface area contributed by atoms with Crippen molar-refractivity contribution in [2.24, 2.45) is 11.8 Å². The minimum absolute atomic E-state index is 0.0479. The monoisotopic (exact) mass is 920 g/mol. The van der Waals surface area contributed by atoms with Crippen molar-refractivity contribution in [3.8, 4) is 5.69 Å². The van der Waals surface area contributed by atoms with Gasteiger partial charge in [-0.1, -0.05) is 49.1 Å². The van der Waals surface area contributed by atoms with Gasteiger partial charge in [0.2, 0.25) is 5.82 Å². The van der Waals surface area contributed by atoms with Gasteiger partial charge in [0.05, 0.1) is 56.3 Å². The van der Waals surface area contributed by atoms with Crippen LogP contribution in [-0.4, -0.2) is 39.0 Å². The normalized spacial score (nSPS) is 17.3. The molecule has 18 heteroatoms. The molecule has 68 heavy (non-hydrogen) atoms. The van der Waals surface area contributed by atoms with E-state index >= 15 is 0 Å². The minimum Gasteiger partial charge on any atom is -0.386 e. The lowest BCUT2D eigenvalue weighted by atomic mass is 9.68. The first-order valence-electron chi connectivity index (χ1n) is 20.2. The second-order valence-electron chi connectivity index (χ2n) is 16.3. The van der Waals surface area contributed by atoms with Gasteiger partial charge in [0, 0.05) is 11.5 Å². The van der Waals surface area contributed by atoms with Crippen LogP contribution in [0.2, 0.25) is 0 Å². The summed E-state index contributed by atoms with van der Waals surface area (Å²) in [5, 5.41) is 1.16. The van der Waals surface area contributed by atoms with Crippen LogP contribution in [0.4, 0.5) is 22.0 Å². The Balaban J connectivity index is 0.000000149. The van der Waals surface area contributed by atoms with Gasteiger partial charge in [0.1, 0.15) is 5.69 Å². The Morgan fingerprint density at radius 1 is 0.515 bits per heavy atom. The lowest BCUT2D eigenvalue weighted by molar-refractivity contribution is -0.149. The first-order chi connectivity index (χ1) is 32.4. The van der Waals surface area contributed by atoms with Crippen LogP contribution in [0, 0.1) is 40.9 Å². The van der Waals surface area contributed by atoms with Crippen molar-refractivity contribution in [2.75, 3.05) is 0 Å². The number of imide groups is 1. The van der Waals surface area contributed by atoms with Crippen LogP contribution >= 0.6 is 0 Å². The first-order valence-corrected chi connectivity index (χ1v) is 20.2. The number of furan rings is 1. The maximum atomic E-state index is 14.3. The van der Waals surface area contributed by atoms with Gasteiger partial charge in [0.15, 0.2) is 29.1 Å². The molecule has 1 fully saturated rings. The van der Waals surface area contributed by atoms with Gasteiger partial charge in [-0.3, -0.25) is 28.9 Å². The van der Waals surface area contributed by atoms with Crippen molar-refractivity contribution in [1.82, 2.24) is 9.47 Å². The third-order valence-corrected chi connectivity index (χ3v) is 12.6. The highest BCUT2D eigenvalue weighted by atomic mass is 19.2. The van der Waals surface area contributed by atoms with Crippen LogP contribution in [0.25, 0.3) is 54.4 Å². The largest absolute Gasteiger partial charge is 0.386 e. The van der Waals surface area contributed by atoms with Gasteiger partial charge in [-0.15, -0.1) is 0 Å². The van der Waals surface area contributed by atoms with Crippen molar-refractivity contribution >= 4 is 78.2 Å². The van der Waals surface area contributed by atoms with E-state index in [4.69, 9.17) is 0 Å². The van der Waals surface area contributed by atoms with E-state index < -0.39 is 92.7 Å². The Labute approximate surface area is 373 Å². The Bertz CT molecular complexity index is 3870. The highest BCUT2D eigenvalue weighted by Crippen LogP contribution is 2.46. The molecule has 0 N–H and O–H groups in total. The van der Waals surface area contributed by atoms with Crippen LogP contribution < -0.4 is 22.4 Å². The molecule has 1 saturated heterocycles. The number of Topliss-reactive ketones (excluding diaryl/α,β-unsaturated/α-hetero) is 1. The summed E-state index contributed by atoms with van der Waals surface area (Å²) in [6.45, 7) is 4.24. The molecule has 2 aliphatic carbocycles. The van der Waals surface area contributed by atoms with Gasteiger partial charge >= 0.3 is 23.2 Å². The van der Waals surface area contributed by atoms with E-state index in [0.29, 0.717) is 32.7 Å². The Morgan fingerprint density at radius 3 is 1.49 bits per heavy atom. The van der Waals surface area contributed by atoms with E-state index in [9.17, 15) is 65.1 Å². The molecule has 2 atom stereocenters. The fourth-order valence-electron chi connectivity index (χ4n) is 9.24. The van der Waals surface area contributed by atoms with Gasteiger partial charge < -0.3 is 9.15 Å². The molecule has 8 aromatic rings. The molecule has 0 bridgehead atoms. The number of nitrogens with zero attached hydrogens (tertiary/aromatic N) is 2. The number of carbonyl (C=O) groups excluding carboxylic acids is 5. The topological polar surface area (TPSA) is 184 Å². The number of benzene rings is 6. The highest BCUT2D eigenvalue weighted by Gasteiger charge is 2.46. The smallest absolute Gasteiger partial charge is 0.346 e. The highest BCUT2D eigenvalue weighted by molar-refractivity contribution is 6.24. The van der Waals surface area contributed by atoms with Crippen LogP contribution in [0.5, 0.6) is 0 Å². The number of halogens is 5. The van der Waals surface area contributed by atoms with Crippen LogP contribution in [0.15, 0.2) is 132 Å². The summed E-state index contributed by atoms with van der Waals surface area (Å²) < 4.78 is 78.7. The average Bonchev–Trinajstić information content (AvgIpc) is 3.95. The van der Waals surface area contributed by atoms with Gasteiger partial charge in [-0.2, -0.15) is 0 Å². The second-order valence-corrected chi connectivity index (χ2v) is 16.3. The molecule has 6 aromatic carbocycles. The quantitative estimate of drug-likeness (QED) is 0.0355. The fraction of sp³-hybridized carbons (Fsp3) is 0.0600. The molecule has 0 radical (unpaired) electrons. The summed E-state index contributed by atoms with van der Waals surface area (Å²) in [7, 11) is 0. The number of allylic oxidation sites excluding steroid dienone is 3. The van der Waals surface area contributed by atoms with Crippen molar-refractivity contribution < 1.29 is 55.1 Å². The summed E-state index contributed by atoms with van der Waals surface area (Å²) >= 11 is 0. The zero-order chi connectivity index (χ0) is 47.9. The number of fused-ring (bicyclic) bond motifs is 8. The molecular weight excluding hydrogens is 900 g/mol. The van der Waals surface area contributed by atoms with E-state index in [2.05, 4.69) is 15.7 Å². The van der Waals surface area contributed by atoms with Gasteiger partial charge in [-0.05, 0) is 86.8 Å². The van der Waals surface area contributed by atoms with Crippen molar-refractivity contribution in [3.05, 3.63) is 207 Å². The number of ketones is 1. The van der Waals surface area contributed by atoms with E-state index in [1.165, 1.54) is 42.5 Å². The Hall–Kier alpha value is -9.06. The van der Waals surface area contributed by atoms with Crippen molar-refractivity contribution in [2.45, 2.75) is 6.54 Å². The maximum absolute atomic E-state index is 14.3. The number of aromatic nitrogens is 1. The molecule has 13 nitrogen and oxygen atoms in total. The number of esters is 2. The third-order valence-electron chi connectivity index (χ3n) is 12.6. The van der Waals surface area contributed by atoms with E-state index in [1.54, 1.807) is 18.2 Å². The number of hydrogen-bond donors (Lipinski definition) is 0. The summed E-state index contributed by atoms with van der Waals surface area (Å²) in [5.74, 6) is -15.7. The number of hydrogen-bond acceptors (Lipinski definition) is 11. The first kappa shape index (κ1) is 41.6. The van der Waals surface area contributed by atoms with E-state index in [-0.39, 0.29) is 66.3 Å². The number of amides is 2. The SMILES string of the molecule is C=C1c2cc3c(cc2C(=O)C2C=C4C(=O)OC(=O)C4=CC12)C(=O)N(Cc1ccccc1)C3=O.O=c1oc(=O)c2cc3cc4cc5c(=O)n(-c6c(F)c(F)c(F)c(F)c6F)c(=O)c5cc4cc3cc12. The van der Waals surface area contributed by atoms with Crippen LogP contribution in [-0.2, 0) is 20.9 Å². The van der Waals surface area contributed by atoms with Crippen LogP contribution in [0.1, 0.15) is 42.2 Å². The standard InChI is InChI=1S/C26H15NO6.C24H6F5NO5/c1-12-14-7-18-19(24(30)27(23(18)29)11-13-5-3-2-4-6-13)9-16(14)22(28)17-10-21-20(8-15(12)17)25(31)33-26(21)32;25-15-16(26)18(28)20(19(29)17(15)27)30-21(31)11-3-7-1-9-5-13-14(24(34)35-23(13)33)6-10(9)2-8(7)4-12(11)22(30)32/h2-10,15,17H,1,11H2;1-6H. The average molecular weight is 921 g/mol. The number of ether oxygens (including phenoxy) is 1. The predicted molar refractivity (Wildman–Crippen MR) is 230 cm³/mol. The Kier molecular flexibility index (Phi) is 8.86. The van der Waals surface area contributed by atoms with E-state index in [0.717, 1.165) is 10.5 Å². The molecule has 332 valence electrons. The lowest BCUT2D eigenvalue weighted by Crippen LogP contribution is -2.31. The molecule has 4 heterocycles. The molecule has 12 rings (SSSR count). The van der Waals surface area contributed by atoms with Gasteiger partial charge in [0.25, 0.3) is 22.9 Å². The number of carbonyl (C=O) groups is 5. The zero-order valence-corrected chi connectivity index (χ0v) is 34.0. The molecule has 0 spiro atoms. The third kappa shape index (κ3) is 5.82. The molecule has 2 aliphatic heterocycles. The number of cyclic esters (lactones) is 2. The Morgan fingerprint density at radius 2 is 0.971 bits per heavy atom. The molecule has 2 unspecified atom stereocenters. The maximum Gasteiger partial charge on any atom is 0.346 e. The van der Waals surface area contributed by atoms with Gasteiger partial charge in [-0.25, -0.2) is 45.7 Å². The molecule has 2 aromatic heterocycles. The lowest BCUT2D eigenvalue weighted by Gasteiger charge is -2.33. The minimum atomic E-state index is -2.42. The molecule has 2 amide bonds. The summed E-state index contributed by atoms with van der Waals surface area (Å²) in [4.78, 5) is 114. The molecule has 4 aliphatic rings. The fourth-order valence-corrected chi connectivity index (χ4v) is 9.24. The van der Waals surface area contributed by atoms with Crippen molar-refractivity contribution in [1.29, 1.82) is 0 Å². The second kappa shape index (κ2) is 14.5. The van der Waals surface area contributed by atoms with Crippen LogP contribution in [0.3, 0.4) is 0 Å². The number of rotatable bonds is 3. The predicted octanol–water partition coefficient (Wildman–Crippen LogP) is 6.57. The zero-order valence-electron chi connectivity index (χ0n) is 34.0. The summed E-state index contributed by atoms with van der Waals surface area (Å²) in [5.41, 5.74) is -3.19. The van der Waals surface area contributed by atoms with Crippen molar-refractivity contribution in [3.63, 3.8) is 0 Å². The summed E-state index contributed by atoms with van der Waals surface area (Å²) in [6, 6.07) is 20.5. The molecular formula is C50H21F5N2O11. The van der Waals surface area contributed by atoms with E-state index in [1.807, 2.05) is 30.3 Å². The molecule has 0 saturated carbocycles. The summed E-state index contributed by atoms with van der Waals surface area (Å²) in [6.07, 6.45) is 2.99.